The topological polar surface area (TPSA) is 42.4 Å². The molecule has 0 saturated carbocycles. The number of ether oxygens (including phenoxy) is 1. The summed E-state index contributed by atoms with van der Waals surface area (Å²) in [6.07, 6.45) is 2.43. The maximum absolute atomic E-state index is 13.0. The molecule has 1 atom stereocenters. The zero-order chi connectivity index (χ0) is 14.8. The molecule has 0 spiro atoms. The number of hydrogen-bond donors (Lipinski definition) is 1. The summed E-state index contributed by atoms with van der Waals surface area (Å²) in [7, 11) is 1.55. The van der Waals surface area contributed by atoms with Crippen molar-refractivity contribution >= 4 is 0 Å². The molecule has 2 rings (SSSR count). The molecule has 2 aromatic rings. The van der Waals surface area contributed by atoms with Crippen LogP contribution < -0.4 is 4.74 Å². The summed E-state index contributed by atoms with van der Waals surface area (Å²) in [5, 5.41) is 10.6. The smallest absolute Gasteiger partial charge is 0.137 e. The van der Waals surface area contributed by atoms with Crippen LogP contribution in [-0.2, 0) is 5.41 Å². The molecule has 0 amide bonds. The third-order valence-electron chi connectivity index (χ3n) is 3.56. The molecular formula is C16H18FNO2. The maximum Gasteiger partial charge on any atom is 0.137 e. The van der Waals surface area contributed by atoms with Crippen molar-refractivity contribution in [2.24, 2.45) is 0 Å². The Morgan fingerprint density at radius 3 is 2.45 bits per heavy atom. The number of rotatable bonds is 4. The van der Waals surface area contributed by atoms with Gasteiger partial charge in [-0.3, -0.25) is 4.98 Å². The van der Waals surface area contributed by atoms with E-state index in [4.69, 9.17) is 4.74 Å². The first-order chi connectivity index (χ1) is 9.45. The van der Waals surface area contributed by atoms with Crippen molar-refractivity contribution in [1.29, 1.82) is 0 Å². The molecule has 0 radical (unpaired) electrons. The number of aliphatic hydroxyl groups excluding tert-OH is 1. The Kier molecular flexibility index (Phi) is 4.04. The third-order valence-corrected chi connectivity index (χ3v) is 3.56. The van der Waals surface area contributed by atoms with Crippen molar-refractivity contribution in [3.8, 4) is 5.75 Å². The maximum atomic E-state index is 13.0. The standard InChI is InChI=1S/C16H18FNO2/c1-16(2,12-4-6-13(17)7-5-12)15(19)11-8-14(20-3)10-18-9-11/h4-10,15,19H,1-3H3. The van der Waals surface area contributed by atoms with E-state index in [1.54, 1.807) is 37.7 Å². The van der Waals surface area contributed by atoms with Gasteiger partial charge >= 0.3 is 0 Å². The van der Waals surface area contributed by atoms with Crippen LogP contribution in [0.3, 0.4) is 0 Å². The van der Waals surface area contributed by atoms with E-state index < -0.39 is 11.5 Å². The van der Waals surface area contributed by atoms with Crippen molar-refractivity contribution in [3.05, 3.63) is 59.7 Å². The van der Waals surface area contributed by atoms with E-state index in [-0.39, 0.29) is 5.82 Å². The number of halogens is 1. The molecule has 0 bridgehead atoms. The quantitative estimate of drug-likeness (QED) is 0.931. The lowest BCUT2D eigenvalue weighted by molar-refractivity contribution is 0.0996. The van der Waals surface area contributed by atoms with Crippen LogP contribution in [0.1, 0.15) is 31.1 Å². The van der Waals surface area contributed by atoms with Crippen molar-refractivity contribution in [1.82, 2.24) is 4.98 Å². The molecule has 1 aromatic carbocycles. The van der Waals surface area contributed by atoms with Gasteiger partial charge in [0.25, 0.3) is 0 Å². The lowest BCUT2D eigenvalue weighted by Crippen LogP contribution is -2.27. The van der Waals surface area contributed by atoms with Gasteiger partial charge in [0.1, 0.15) is 11.6 Å². The van der Waals surface area contributed by atoms with E-state index in [1.165, 1.54) is 12.1 Å². The molecular weight excluding hydrogens is 257 g/mol. The number of hydrogen-bond acceptors (Lipinski definition) is 3. The highest BCUT2D eigenvalue weighted by atomic mass is 19.1. The largest absolute Gasteiger partial charge is 0.495 e. The molecule has 1 aromatic heterocycles. The van der Waals surface area contributed by atoms with Crippen LogP contribution in [0, 0.1) is 5.82 Å². The summed E-state index contributed by atoms with van der Waals surface area (Å²) in [6, 6.07) is 7.92. The van der Waals surface area contributed by atoms with E-state index in [1.807, 2.05) is 13.8 Å². The van der Waals surface area contributed by atoms with Gasteiger partial charge in [-0.1, -0.05) is 26.0 Å². The van der Waals surface area contributed by atoms with Crippen LogP contribution in [0.5, 0.6) is 5.75 Å². The van der Waals surface area contributed by atoms with Gasteiger partial charge in [-0.05, 0) is 23.8 Å². The number of aliphatic hydroxyl groups is 1. The van der Waals surface area contributed by atoms with Gasteiger partial charge in [-0.25, -0.2) is 4.39 Å². The number of benzene rings is 1. The van der Waals surface area contributed by atoms with Crippen LogP contribution in [0.4, 0.5) is 4.39 Å². The average Bonchev–Trinajstić information content (AvgIpc) is 2.47. The van der Waals surface area contributed by atoms with Crippen LogP contribution >= 0.6 is 0 Å². The minimum Gasteiger partial charge on any atom is -0.495 e. The SMILES string of the molecule is COc1cncc(C(O)C(C)(C)c2ccc(F)cc2)c1. The zero-order valence-electron chi connectivity index (χ0n) is 11.8. The average molecular weight is 275 g/mol. The monoisotopic (exact) mass is 275 g/mol. The molecule has 0 fully saturated rings. The van der Waals surface area contributed by atoms with Crippen molar-refractivity contribution in [2.45, 2.75) is 25.4 Å². The second kappa shape index (κ2) is 5.59. The van der Waals surface area contributed by atoms with Gasteiger partial charge in [-0.2, -0.15) is 0 Å². The van der Waals surface area contributed by atoms with Gasteiger partial charge in [0.2, 0.25) is 0 Å². The summed E-state index contributed by atoms with van der Waals surface area (Å²) >= 11 is 0. The normalized spacial score (nSPS) is 13.1. The molecule has 1 N–H and O–H groups in total. The number of pyridine rings is 1. The van der Waals surface area contributed by atoms with Gasteiger partial charge in [-0.15, -0.1) is 0 Å². The molecule has 20 heavy (non-hydrogen) atoms. The summed E-state index contributed by atoms with van der Waals surface area (Å²) < 4.78 is 18.1. The third kappa shape index (κ3) is 2.80. The Morgan fingerprint density at radius 1 is 1.20 bits per heavy atom. The molecule has 3 nitrogen and oxygen atoms in total. The van der Waals surface area contributed by atoms with Gasteiger partial charge in [0.15, 0.2) is 0 Å². The fraction of sp³-hybridized carbons (Fsp3) is 0.312. The Bertz CT molecular complexity index is 581. The first kappa shape index (κ1) is 14.5. The Hall–Kier alpha value is -1.94. The van der Waals surface area contributed by atoms with E-state index in [0.29, 0.717) is 11.3 Å². The van der Waals surface area contributed by atoms with Crippen LogP contribution in [-0.4, -0.2) is 17.2 Å². The number of aromatic nitrogens is 1. The minimum atomic E-state index is -0.768. The first-order valence-electron chi connectivity index (χ1n) is 6.38. The fourth-order valence-electron chi connectivity index (χ4n) is 2.15. The molecule has 0 aliphatic rings. The Balaban J connectivity index is 2.34. The predicted molar refractivity (Wildman–Crippen MR) is 75.2 cm³/mol. The summed E-state index contributed by atoms with van der Waals surface area (Å²) in [5.41, 5.74) is 0.953. The first-order valence-corrected chi connectivity index (χ1v) is 6.38. The molecule has 1 heterocycles. The summed E-state index contributed by atoms with van der Waals surface area (Å²) in [5.74, 6) is 0.304. The van der Waals surface area contributed by atoms with Crippen LogP contribution in [0.25, 0.3) is 0 Å². The van der Waals surface area contributed by atoms with Crippen molar-refractivity contribution < 1.29 is 14.2 Å². The van der Waals surface area contributed by atoms with Gasteiger partial charge in [0, 0.05) is 17.2 Å². The highest BCUT2D eigenvalue weighted by Crippen LogP contribution is 2.37. The molecule has 0 aliphatic carbocycles. The highest BCUT2D eigenvalue weighted by Gasteiger charge is 2.31. The lowest BCUT2D eigenvalue weighted by Gasteiger charge is -2.31. The van der Waals surface area contributed by atoms with Crippen molar-refractivity contribution in [2.75, 3.05) is 7.11 Å². The Labute approximate surface area is 118 Å². The zero-order valence-corrected chi connectivity index (χ0v) is 11.8. The van der Waals surface area contributed by atoms with Gasteiger partial charge < -0.3 is 9.84 Å². The molecule has 0 aliphatic heterocycles. The fourth-order valence-corrected chi connectivity index (χ4v) is 2.15. The molecule has 4 heteroatoms. The summed E-state index contributed by atoms with van der Waals surface area (Å²) in [4.78, 5) is 4.05. The predicted octanol–water partition coefficient (Wildman–Crippen LogP) is 3.24. The summed E-state index contributed by atoms with van der Waals surface area (Å²) in [6.45, 7) is 3.81. The number of methoxy groups -OCH3 is 1. The van der Waals surface area contributed by atoms with E-state index in [9.17, 15) is 9.50 Å². The van der Waals surface area contributed by atoms with E-state index in [2.05, 4.69) is 4.98 Å². The molecule has 0 saturated heterocycles. The molecule has 106 valence electrons. The van der Waals surface area contributed by atoms with Crippen molar-refractivity contribution in [3.63, 3.8) is 0 Å². The molecule has 1 unspecified atom stereocenters. The second-order valence-corrected chi connectivity index (χ2v) is 5.29. The van der Waals surface area contributed by atoms with Crippen LogP contribution in [0.15, 0.2) is 42.7 Å². The minimum absolute atomic E-state index is 0.290. The van der Waals surface area contributed by atoms with E-state index >= 15 is 0 Å². The highest BCUT2D eigenvalue weighted by molar-refractivity contribution is 5.32. The van der Waals surface area contributed by atoms with Crippen LogP contribution in [0.2, 0.25) is 0 Å². The Morgan fingerprint density at radius 2 is 1.85 bits per heavy atom. The van der Waals surface area contributed by atoms with E-state index in [0.717, 1.165) is 5.56 Å². The lowest BCUT2D eigenvalue weighted by atomic mass is 9.77. The number of nitrogens with zero attached hydrogens (tertiary/aromatic N) is 1. The second-order valence-electron chi connectivity index (χ2n) is 5.29. The van der Waals surface area contributed by atoms with Gasteiger partial charge in [0.05, 0.1) is 19.4 Å².